The minimum Gasteiger partial charge on any atom is -0.379 e. The van der Waals surface area contributed by atoms with Crippen molar-refractivity contribution >= 4 is 22.5 Å². The largest absolute Gasteiger partial charge is 0.379 e. The van der Waals surface area contributed by atoms with Gasteiger partial charge in [-0.15, -0.1) is 10.2 Å². The molecule has 0 N–H and O–H groups in total. The highest BCUT2D eigenvalue weighted by Crippen LogP contribution is 2.40. The second kappa shape index (κ2) is 8.67. The molecule has 0 aromatic carbocycles. The molecule has 7 nitrogen and oxygen atoms in total. The van der Waals surface area contributed by atoms with Gasteiger partial charge in [-0.05, 0) is 32.6 Å². The molecule has 1 aromatic rings. The first-order valence-corrected chi connectivity index (χ1v) is 10.9. The van der Waals surface area contributed by atoms with E-state index in [0.29, 0.717) is 5.92 Å². The number of unbranched alkanes of at least 4 members (excludes halogenated alkanes) is 1. The second-order valence-electron chi connectivity index (χ2n) is 7.49. The average Bonchev–Trinajstić information content (AvgIpc) is 3.23. The van der Waals surface area contributed by atoms with Crippen LogP contribution in [0.25, 0.3) is 0 Å². The number of aromatic nitrogens is 2. The number of nitrogens with zero attached hydrogens (tertiary/aromatic N) is 5. The Morgan fingerprint density at radius 3 is 2.78 bits per heavy atom. The van der Waals surface area contributed by atoms with E-state index in [2.05, 4.69) is 27.2 Å². The molecule has 1 atom stereocenters. The van der Waals surface area contributed by atoms with Crippen LogP contribution in [0.2, 0.25) is 0 Å². The maximum atomic E-state index is 13.2. The molecule has 4 rings (SSSR count). The van der Waals surface area contributed by atoms with E-state index < -0.39 is 0 Å². The Morgan fingerprint density at radius 1 is 1.26 bits per heavy atom. The summed E-state index contributed by atoms with van der Waals surface area (Å²) in [5.74, 6) is 0.549. The third-order valence-corrected chi connectivity index (χ3v) is 6.84. The number of allylic oxidation sites excluding steroid dienone is 2. The van der Waals surface area contributed by atoms with Gasteiger partial charge in [-0.3, -0.25) is 4.90 Å². The van der Waals surface area contributed by atoms with Crippen molar-refractivity contribution in [3.05, 3.63) is 17.2 Å². The highest BCUT2D eigenvalue weighted by Gasteiger charge is 2.43. The van der Waals surface area contributed by atoms with Crippen LogP contribution in [-0.4, -0.2) is 71.6 Å². The molecule has 0 spiro atoms. The van der Waals surface area contributed by atoms with Crippen molar-refractivity contribution in [2.45, 2.75) is 51.1 Å². The van der Waals surface area contributed by atoms with Crippen LogP contribution in [0.3, 0.4) is 0 Å². The maximum absolute atomic E-state index is 13.2. The zero-order chi connectivity index (χ0) is 18.6. The monoisotopic (exact) mass is 391 g/mol. The molecule has 1 aromatic heterocycles. The Hall–Kier alpha value is -1.51. The van der Waals surface area contributed by atoms with Gasteiger partial charge in [-0.2, -0.15) is 0 Å². The minimum absolute atomic E-state index is 0.0327. The summed E-state index contributed by atoms with van der Waals surface area (Å²) in [5.41, 5.74) is 0. The Bertz CT molecular complexity index is 669. The fourth-order valence-electron chi connectivity index (χ4n) is 3.90. The Kier molecular flexibility index (Phi) is 6.04. The molecule has 3 aliphatic rings. The van der Waals surface area contributed by atoms with Crippen LogP contribution in [0.5, 0.6) is 0 Å². The van der Waals surface area contributed by atoms with Gasteiger partial charge in [0.25, 0.3) is 0 Å². The first-order chi connectivity index (χ1) is 13.3. The van der Waals surface area contributed by atoms with Crippen molar-refractivity contribution < 1.29 is 9.53 Å². The molecule has 2 aliphatic heterocycles. The number of carbonyl (C=O) groups excluding carboxylic acids is 1. The van der Waals surface area contributed by atoms with Crippen LogP contribution in [0, 0.1) is 0 Å². The van der Waals surface area contributed by atoms with Crippen molar-refractivity contribution in [3.63, 3.8) is 0 Å². The van der Waals surface area contributed by atoms with Gasteiger partial charge < -0.3 is 9.64 Å². The predicted molar refractivity (Wildman–Crippen MR) is 106 cm³/mol. The molecule has 27 heavy (non-hydrogen) atoms. The summed E-state index contributed by atoms with van der Waals surface area (Å²) >= 11 is 1.61. The number of anilines is 1. The van der Waals surface area contributed by atoms with Crippen molar-refractivity contribution in [1.29, 1.82) is 0 Å². The Balaban J connectivity index is 1.51. The van der Waals surface area contributed by atoms with Gasteiger partial charge in [0.2, 0.25) is 5.13 Å². The lowest BCUT2D eigenvalue weighted by molar-refractivity contribution is 0.0189. The smallest absolute Gasteiger partial charge is 0.327 e. The second-order valence-corrected chi connectivity index (χ2v) is 8.48. The van der Waals surface area contributed by atoms with Gasteiger partial charge in [0.15, 0.2) is 0 Å². The van der Waals surface area contributed by atoms with Crippen molar-refractivity contribution in [1.82, 2.24) is 20.0 Å². The molecule has 0 radical (unpaired) electrons. The lowest BCUT2D eigenvalue weighted by Crippen LogP contribution is -2.51. The summed E-state index contributed by atoms with van der Waals surface area (Å²) in [7, 11) is 0. The lowest BCUT2D eigenvalue weighted by atomic mass is 9.86. The number of morpholine rings is 1. The molecular weight excluding hydrogens is 362 g/mol. The molecule has 8 heteroatoms. The quantitative estimate of drug-likeness (QED) is 0.528. The van der Waals surface area contributed by atoms with E-state index in [1.807, 2.05) is 16.7 Å². The molecule has 2 amide bonds. The first-order valence-electron chi connectivity index (χ1n) is 10.1. The lowest BCUT2D eigenvalue weighted by Gasteiger charge is -2.34. The average molecular weight is 392 g/mol. The fraction of sp³-hybridized carbons (Fsp3) is 0.737. The van der Waals surface area contributed by atoms with Gasteiger partial charge >= 0.3 is 6.03 Å². The minimum atomic E-state index is 0.0327. The predicted octanol–water partition coefficient (Wildman–Crippen LogP) is 3.06. The highest BCUT2D eigenvalue weighted by atomic mass is 32.1. The van der Waals surface area contributed by atoms with Gasteiger partial charge in [0.1, 0.15) is 11.2 Å². The third kappa shape index (κ3) is 4.02. The maximum Gasteiger partial charge on any atom is 0.327 e. The van der Waals surface area contributed by atoms with Crippen LogP contribution >= 0.6 is 11.3 Å². The van der Waals surface area contributed by atoms with Gasteiger partial charge in [0.05, 0.1) is 19.8 Å². The molecule has 0 bridgehead atoms. The zero-order valence-electron chi connectivity index (χ0n) is 16.0. The van der Waals surface area contributed by atoms with Crippen molar-refractivity contribution in [3.8, 4) is 0 Å². The van der Waals surface area contributed by atoms with E-state index in [-0.39, 0.29) is 12.2 Å². The van der Waals surface area contributed by atoms with Gasteiger partial charge in [-0.25, -0.2) is 9.69 Å². The van der Waals surface area contributed by atoms with E-state index in [1.54, 1.807) is 11.3 Å². The van der Waals surface area contributed by atoms with Crippen LogP contribution < -0.4 is 4.90 Å². The zero-order valence-corrected chi connectivity index (χ0v) is 16.9. The number of rotatable bonds is 7. The highest BCUT2D eigenvalue weighted by molar-refractivity contribution is 7.15. The summed E-state index contributed by atoms with van der Waals surface area (Å²) in [6.45, 7) is 6.71. The standard InChI is InChI=1S/C19H29N5O2S/c1-2-3-4-5-9-23-14-16(22-10-12-26-13-11-22)24(19(23)25)18-21-20-17(27-18)15-7-6-8-15/h2-3,15-16H,4-14H2,1H3. The number of urea groups is 1. The number of ether oxygens (including phenoxy) is 1. The Labute approximate surface area is 165 Å². The first kappa shape index (κ1) is 18.8. The topological polar surface area (TPSA) is 61.8 Å². The molecule has 1 saturated carbocycles. The van der Waals surface area contributed by atoms with Gasteiger partial charge in [-0.1, -0.05) is 29.9 Å². The van der Waals surface area contributed by atoms with E-state index in [0.717, 1.165) is 62.4 Å². The molecule has 3 fully saturated rings. The molecule has 3 heterocycles. The summed E-state index contributed by atoms with van der Waals surface area (Å²) < 4.78 is 5.51. The normalized spacial score (nSPS) is 24.9. The third-order valence-electron chi connectivity index (χ3n) is 5.75. The molecule has 2 saturated heterocycles. The van der Waals surface area contributed by atoms with Crippen LogP contribution in [0.1, 0.15) is 50.0 Å². The van der Waals surface area contributed by atoms with E-state index in [4.69, 9.17) is 4.74 Å². The van der Waals surface area contributed by atoms with Crippen molar-refractivity contribution in [2.75, 3.05) is 44.3 Å². The SMILES string of the molecule is CC=CCCCN1CC(N2CCOCC2)N(c2nnc(C3CCC3)s2)C1=O. The summed E-state index contributed by atoms with van der Waals surface area (Å²) in [6.07, 6.45) is 9.93. The molecule has 1 aliphatic carbocycles. The van der Waals surface area contributed by atoms with Crippen molar-refractivity contribution in [2.24, 2.45) is 0 Å². The van der Waals surface area contributed by atoms with Crippen LogP contribution in [0.4, 0.5) is 9.93 Å². The van der Waals surface area contributed by atoms with Crippen LogP contribution in [-0.2, 0) is 4.74 Å². The number of amides is 2. The summed E-state index contributed by atoms with van der Waals surface area (Å²) in [5, 5.41) is 10.7. The Morgan fingerprint density at radius 2 is 2.07 bits per heavy atom. The number of carbonyl (C=O) groups is 1. The van der Waals surface area contributed by atoms with Crippen LogP contribution in [0.15, 0.2) is 12.2 Å². The molecular formula is C19H29N5O2S. The summed E-state index contributed by atoms with van der Waals surface area (Å²) in [4.78, 5) is 19.4. The molecule has 148 valence electrons. The fourth-order valence-corrected chi connectivity index (χ4v) is 4.95. The summed E-state index contributed by atoms with van der Waals surface area (Å²) in [6, 6.07) is 0.0725. The van der Waals surface area contributed by atoms with E-state index in [9.17, 15) is 4.79 Å². The number of hydrogen-bond acceptors (Lipinski definition) is 6. The van der Waals surface area contributed by atoms with E-state index >= 15 is 0 Å². The molecule has 1 unspecified atom stereocenters. The number of hydrogen-bond donors (Lipinski definition) is 0. The van der Waals surface area contributed by atoms with E-state index in [1.165, 1.54) is 19.3 Å². The van der Waals surface area contributed by atoms with Gasteiger partial charge in [0, 0.05) is 25.6 Å².